The molecule has 3 unspecified atom stereocenters. The van der Waals surface area contributed by atoms with Crippen LogP contribution in [0, 0.1) is 11.8 Å². The molecular weight excluding hydrogens is 488 g/mol. The van der Waals surface area contributed by atoms with Crippen molar-refractivity contribution < 1.29 is 22.7 Å². The Morgan fingerprint density at radius 3 is 2.27 bits per heavy atom. The predicted octanol–water partition coefficient (Wildman–Crippen LogP) is 5.03. The average Bonchev–Trinajstić information content (AvgIpc) is 2.87. The lowest BCUT2D eigenvalue weighted by Gasteiger charge is -2.54. The molecule has 3 aliphatic rings. The molecule has 5 rings (SSSR count). The van der Waals surface area contributed by atoms with Crippen LogP contribution in [0.5, 0.6) is 5.75 Å². The quantitative estimate of drug-likeness (QED) is 0.560. The largest absolute Gasteiger partial charge is 0.415 e. The van der Waals surface area contributed by atoms with Crippen molar-refractivity contribution in [3.63, 3.8) is 0 Å². The van der Waals surface area contributed by atoms with E-state index in [4.69, 9.17) is 4.74 Å². The summed E-state index contributed by atoms with van der Waals surface area (Å²) in [6.07, 6.45) is 6.92. The maximum Gasteiger partial charge on any atom is 0.415 e. The van der Waals surface area contributed by atoms with Crippen molar-refractivity contribution in [3.05, 3.63) is 42.5 Å². The minimum atomic E-state index is -3.00. The van der Waals surface area contributed by atoms with Gasteiger partial charge in [0, 0.05) is 31.2 Å². The first kappa shape index (κ1) is 26.0. The Morgan fingerprint density at radius 2 is 1.57 bits per heavy atom. The number of hydrogen-bond donors (Lipinski definition) is 0. The predicted molar refractivity (Wildman–Crippen MR) is 144 cm³/mol. The SMILES string of the molecule is CC(=O)N1C2CCC(C3CCC(S(C)(=O)=O)CC3)CC2N(C(=O)Oc2cccc3ccccc23)C[C@@H]1C. The van der Waals surface area contributed by atoms with Gasteiger partial charge in [-0.1, -0.05) is 36.4 Å². The first-order valence-corrected chi connectivity index (χ1v) is 15.5. The zero-order valence-corrected chi connectivity index (χ0v) is 22.8. The van der Waals surface area contributed by atoms with E-state index in [2.05, 4.69) is 0 Å². The second-order valence-corrected chi connectivity index (χ2v) is 13.7. The lowest BCUT2D eigenvalue weighted by atomic mass is 9.69. The molecule has 0 aromatic heterocycles. The van der Waals surface area contributed by atoms with Gasteiger partial charge >= 0.3 is 6.09 Å². The molecule has 200 valence electrons. The average molecular weight is 527 g/mol. The molecular formula is C29H38N2O5S. The molecule has 0 bridgehead atoms. The Hall–Kier alpha value is -2.61. The fourth-order valence-corrected chi connectivity index (χ4v) is 8.39. The number of nitrogens with zero attached hydrogens (tertiary/aromatic N) is 2. The topological polar surface area (TPSA) is 84.0 Å². The summed E-state index contributed by atoms with van der Waals surface area (Å²) >= 11 is 0. The molecule has 2 saturated carbocycles. The third-order valence-corrected chi connectivity index (χ3v) is 10.7. The van der Waals surface area contributed by atoms with Crippen LogP contribution in [0.15, 0.2) is 42.5 Å². The minimum absolute atomic E-state index is 0.0232. The van der Waals surface area contributed by atoms with Crippen LogP contribution in [0.25, 0.3) is 10.8 Å². The van der Waals surface area contributed by atoms with E-state index >= 15 is 0 Å². The summed E-state index contributed by atoms with van der Waals surface area (Å²) in [5, 5.41) is 1.69. The summed E-state index contributed by atoms with van der Waals surface area (Å²) in [6.45, 7) is 4.07. The number of piperazine rings is 1. The van der Waals surface area contributed by atoms with E-state index in [-0.39, 0.29) is 35.4 Å². The summed E-state index contributed by atoms with van der Waals surface area (Å²) in [4.78, 5) is 30.1. The van der Waals surface area contributed by atoms with Crippen molar-refractivity contribution >= 4 is 32.6 Å². The van der Waals surface area contributed by atoms with Gasteiger partial charge in [0.15, 0.2) is 0 Å². The maximum atomic E-state index is 13.7. The number of ether oxygens (including phenoxy) is 1. The summed E-state index contributed by atoms with van der Waals surface area (Å²) in [5.41, 5.74) is 0. The number of fused-ring (bicyclic) bond motifs is 2. The number of hydrogen-bond acceptors (Lipinski definition) is 5. The Bertz CT molecular complexity index is 1260. The van der Waals surface area contributed by atoms with Crippen LogP contribution in [0.3, 0.4) is 0 Å². The standard InChI is InChI=1S/C29H38N2O5S/c1-19-18-30(29(33)36-28-10-6-8-22-7-4-5-9-25(22)28)27-17-23(13-16-26(27)31(19)20(2)32)21-11-14-24(15-12-21)37(3,34)35/h4-10,19,21,23-24,26-27H,11-18H2,1-3H3/t19-,21?,23?,24?,26?,27?/m0/s1. The van der Waals surface area contributed by atoms with Gasteiger partial charge in [-0.05, 0) is 75.2 Å². The fourth-order valence-electron chi connectivity index (χ4n) is 7.26. The molecule has 37 heavy (non-hydrogen) atoms. The van der Waals surface area contributed by atoms with Crippen LogP contribution in [-0.4, -0.2) is 66.4 Å². The molecule has 2 amide bonds. The van der Waals surface area contributed by atoms with E-state index in [0.29, 0.717) is 24.1 Å². The van der Waals surface area contributed by atoms with Gasteiger partial charge in [-0.2, -0.15) is 0 Å². The number of benzene rings is 2. The fraction of sp³-hybridized carbons (Fsp3) is 0.586. The van der Waals surface area contributed by atoms with Gasteiger partial charge in [0.2, 0.25) is 5.91 Å². The number of carbonyl (C=O) groups excluding carboxylic acids is 2. The highest BCUT2D eigenvalue weighted by Crippen LogP contribution is 2.43. The van der Waals surface area contributed by atoms with Crippen molar-refractivity contribution in [3.8, 4) is 5.75 Å². The van der Waals surface area contributed by atoms with Gasteiger partial charge in [-0.3, -0.25) is 4.79 Å². The van der Waals surface area contributed by atoms with Crippen molar-refractivity contribution in [2.75, 3.05) is 12.8 Å². The summed E-state index contributed by atoms with van der Waals surface area (Å²) in [6, 6.07) is 13.4. The molecule has 7 nitrogen and oxygen atoms in total. The van der Waals surface area contributed by atoms with Crippen LogP contribution in [0.2, 0.25) is 0 Å². The van der Waals surface area contributed by atoms with Gasteiger partial charge in [-0.15, -0.1) is 0 Å². The molecule has 1 saturated heterocycles. The first-order chi connectivity index (χ1) is 17.6. The van der Waals surface area contributed by atoms with Crippen molar-refractivity contribution in [1.82, 2.24) is 9.80 Å². The van der Waals surface area contributed by atoms with E-state index in [0.717, 1.165) is 55.7 Å². The Morgan fingerprint density at radius 1 is 0.892 bits per heavy atom. The van der Waals surface area contributed by atoms with Gasteiger partial charge in [0.1, 0.15) is 15.6 Å². The number of sulfone groups is 1. The minimum Gasteiger partial charge on any atom is -0.410 e. The highest BCUT2D eigenvalue weighted by molar-refractivity contribution is 7.91. The van der Waals surface area contributed by atoms with Gasteiger partial charge in [0.25, 0.3) is 0 Å². The maximum absolute atomic E-state index is 13.7. The molecule has 4 atom stereocenters. The third-order valence-electron chi connectivity index (χ3n) is 9.05. The lowest BCUT2D eigenvalue weighted by molar-refractivity contribution is -0.142. The molecule has 8 heteroatoms. The van der Waals surface area contributed by atoms with E-state index in [1.807, 2.05) is 59.2 Å². The highest BCUT2D eigenvalue weighted by atomic mass is 32.2. The van der Waals surface area contributed by atoms with Crippen molar-refractivity contribution in [1.29, 1.82) is 0 Å². The number of carbonyl (C=O) groups is 2. The number of rotatable bonds is 3. The normalized spacial score (nSPS) is 30.6. The Balaban J connectivity index is 1.36. The van der Waals surface area contributed by atoms with Gasteiger partial charge < -0.3 is 14.5 Å². The molecule has 2 aromatic carbocycles. The van der Waals surface area contributed by atoms with E-state index in [9.17, 15) is 18.0 Å². The van der Waals surface area contributed by atoms with Crippen LogP contribution >= 0.6 is 0 Å². The molecule has 3 fully saturated rings. The second-order valence-electron chi connectivity index (χ2n) is 11.3. The third kappa shape index (κ3) is 5.22. The van der Waals surface area contributed by atoms with Gasteiger partial charge in [0.05, 0.1) is 17.3 Å². The summed E-state index contributed by atoms with van der Waals surface area (Å²) in [5.74, 6) is 1.47. The summed E-state index contributed by atoms with van der Waals surface area (Å²) in [7, 11) is -3.00. The summed E-state index contributed by atoms with van der Waals surface area (Å²) < 4.78 is 30.1. The molecule has 0 radical (unpaired) electrons. The van der Waals surface area contributed by atoms with E-state index in [1.165, 1.54) is 6.26 Å². The Kier molecular flexibility index (Phi) is 7.22. The first-order valence-electron chi connectivity index (χ1n) is 13.6. The number of amides is 2. The van der Waals surface area contributed by atoms with Crippen LogP contribution in [0.1, 0.15) is 58.8 Å². The van der Waals surface area contributed by atoms with Crippen molar-refractivity contribution in [2.45, 2.75) is 82.2 Å². The molecule has 0 N–H and O–H groups in total. The van der Waals surface area contributed by atoms with E-state index < -0.39 is 9.84 Å². The Labute approximate surface area is 220 Å². The van der Waals surface area contributed by atoms with Crippen LogP contribution in [0.4, 0.5) is 4.79 Å². The zero-order chi connectivity index (χ0) is 26.3. The lowest BCUT2D eigenvalue weighted by Crippen LogP contribution is -2.67. The van der Waals surface area contributed by atoms with Crippen LogP contribution in [-0.2, 0) is 14.6 Å². The highest BCUT2D eigenvalue weighted by Gasteiger charge is 2.48. The molecule has 1 aliphatic heterocycles. The van der Waals surface area contributed by atoms with E-state index in [1.54, 1.807) is 6.92 Å². The molecule has 0 spiro atoms. The molecule has 2 aromatic rings. The second kappa shape index (κ2) is 10.3. The zero-order valence-electron chi connectivity index (χ0n) is 22.0. The monoisotopic (exact) mass is 526 g/mol. The smallest absolute Gasteiger partial charge is 0.410 e. The van der Waals surface area contributed by atoms with Crippen molar-refractivity contribution in [2.24, 2.45) is 11.8 Å². The van der Waals surface area contributed by atoms with Crippen LogP contribution < -0.4 is 4.74 Å². The molecule has 1 heterocycles. The molecule has 2 aliphatic carbocycles. The van der Waals surface area contributed by atoms with Gasteiger partial charge in [-0.25, -0.2) is 13.2 Å².